The molecule has 0 amide bonds. The number of benzene rings is 3. The Morgan fingerprint density at radius 3 is 1.68 bits per heavy atom. The molecule has 1 N–H and O–H groups in total. The van der Waals surface area contributed by atoms with Gasteiger partial charge in [0.25, 0.3) is 0 Å². The van der Waals surface area contributed by atoms with Gasteiger partial charge in [0, 0.05) is 13.1 Å². The standard InChI is InChI=1S/C24H19F6N/c25-23(26,27)20-10-4-8-18(14-20)22(12-13-31-16-17-6-2-1-3-7-17)19-9-5-11-21(15-19)24(28,29)30/h1-12,14-15,31H,13,16H2. The maximum atomic E-state index is 13.2. The lowest BCUT2D eigenvalue weighted by Gasteiger charge is -2.14. The highest BCUT2D eigenvalue weighted by molar-refractivity contribution is 5.80. The predicted molar refractivity (Wildman–Crippen MR) is 108 cm³/mol. The Balaban J connectivity index is 1.94. The monoisotopic (exact) mass is 435 g/mol. The second kappa shape index (κ2) is 9.39. The fourth-order valence-electron chi connectivity index (χ4n) is 3.12. The molecule has 1 nitrogen and oxygen atoms in total. The van der Waals surface area contributed by atoms with Gasteiger partial charge in [-0.1, -0.05) is 60.7 Å². The molecular formula is C24H19F6N. The first-order valence-corrected chi connectivity index (χ1v) is 9.44. The second-order valence-corrected chi connectivity index (χ2v) is 6.89. The molecule has 162 valence electrons. The molecule has 0 aliphatic carbocycles. The van der Waals surface area contributed by atoms with E-state index in [9.17, 15) is 26.3 Å². The summed E-state index contributed by atoms with van der Waals surface area (Å²) in [6.45, 7) is 0.770. The Labute approximate surface area is 176 Å². The summed E-state index contributed by atoms with van der Waals surface area (Å²) in [6, 6.07) is 18.6. The minimum Gasteiger partial charge on any atom is -0.309 e. The second-order valence-electron chi connectivity index (χ2n) is 6.89. The molecule has 3 aromatic rings. The lowest BCUT2D eigenvalue weighted by atomic mass is 9.94. The van der Waals surface area contributed by atoms with Crippen molar-refractivity contribution in [3.8, 4) is 0 Å². The Bertz CT molecular complexity index is 976. The van der Waals surface area contributed by atoms with Crippen LogP contribution < -0.4 is 5.32 Å². The van der Waals surface area contributed by atoms with Crippen molar-refractivity contribution in [1.82, 2.24) is 5.32 Å². The lowest BCUT2D eigenvalue weighted by Crippen LogP contribution is -2.13. The van der Waals surface area contributed by atoms with E-state index in [2.05, 4.69) is 5.32 Å². The Morgan fingerprint density at radius 2 is 1.19 bits per heavy atom. The van der Waals surface area contributed by atoms with Gasteiger partial charge in [0.15, 0.2) is 0 Å². The number of hydrogen-bond donors (Lipinski definition) is 1. The van der Waals surface area contributed by atoms with E-state index in [-0.39, 0.29) is 23.2 Å². The zero-order valence-corrected chi connectivity index (χ0v) is 16.3. The molecule has 7 heteroatoms. The first-order chi connectivity index (χ1) is 14.6. The van der Waals surface area contributed by atoms with Crippen LogP contribution in [0, 0.1) is 0 Å². The van der Waals surface area contributed by atoms with E-state index < -0.39 is 23.5 Å². The van der Waals surface area contributed by atoms with Crippen molar-refractivity contribution in [3.63, 3.8) is 0 Å². The van der Waals surface area contributed by atoms with Gasteiger partial charge in [-0.25, -0.2) is 0 Å². The highest BCUT2D eigenvalue weighted by Crippen LogP contribution is 2.35. The number of hydrogen-bond acceptors (Lipinski definition) is 1. The first kappa shape index (κ1) is 22.6. The maximum absolute atomic E-state index is 13.2. The number of rotatable bonds is 6. The van der Waals surface area contributed by atoms with Crippen LogP contribution in [0.3, 0.4) is 0 Å². The molecule has 0 aromatic heterocycles. The first-order valence-electron chi connectivity index (χ1n) is 9.44. The van der Waals surface area contributed by atoms with Crippen molar-refractivity contribution in [1.29, 1.82) is 0 Å². The number of nitrogens with one attached hydrogen (secondary N) is 1. The van der Waals surface area contributed by atoms with Crippen LogP contribution in [0.1, 0.15) is 27.8 Å². The highest BCUT2D eigenvalue weighted by atomic mass is 19.4. The molecule has 0 aliphatic rings. The normalized spacial score (nSPS) is 11.9. The van der Waals surface area contributed by atoms with E-state index in [4.69, 9.17) is 0 Å². The van der Waals surface area contributed by atoms with Crippen molar-refractivity contribution in [2.75, 3.05) is 6.54 Å². The quantitative estimate of drug-likeness (QED) is 0.327. The van der Waals surface area contributed by atoms with E-state index in [1.807, 2.05) is 30.3 Å². The van der Waals surface area contributed by atoms with Crippen LogP contribution in [-0.4, -0.2) is 6.54 Å². The minimum atomic E-state index is -4.56. The molecule has 3 rings (SSSR count). The molecule has 0 bridgehead atoms. The van der Waals surface area contributed by atoms with Crippen molar-refractivity contribution in [2.24, 2.45) is 0 Å². The van der Waals surface area contributed by atoms with Crippen LogP contribution in [0.25, 0.3) is 5.57 Å². The van der Waals surface area contributed by atoms with E-state index in [1.165, 1.54) is 24.3 Å². The lowest BCUT2D eigenvalue weighted by molar-refractivity contribution is -0.138. The smallest absolute Gasteiger partial charge is 0.309 e. The molecule has 0 fully saturated rings. The fraction of sp³-hybridized carbons (Fsp3) is 0.167. The Morgan fingerprint density at radius 1 is 0.677 bits per heavy atom. The summed E-state index contributed by atoms with van der Waals surface area (Å²) in [5, 5.41) is 3.14. The third-order valence-corrected chi connectivity index (χ3v) is 4.62. The molecule has 0 atom stereocenters. The van der Waals surface area contributed by atoms with Gasteiger partial charge in [-0.15, -0.1) is 0 Å². The van der Waals surface area contributed by atoms with Gasteiger partial charge >= 0.3 is 12.4 Å². The zero-order valence-electron chi connectivity index (χ0n) is 16.3. The maximum Gasteiger partial charge on any atom is 0.416 e. The van der Waals surface area contributed by atoms with E-state index in [0.29, 0.717) is 6.54 Å². The van der Waals surface area contributed by atoms with Crippen LogP contribution >= 0.6 is 0 Å². The Kier molecular flexibility index (Phi) is 6.85. The fourth-order valence-corrected chi connectivity index (χ4v) is 3.12. The molecular weight excluding hydrogens is 416 g/mol. The number of halogens is 6. The van der Waals surface area contributed by atoms with Crippen LogP contribution in [0.15, 0.2) is 84.9 Å². The summed E-state index contributed by atoms with van der Waals surface area (Å²) in [4.78, 5) is 0. The van der Waals surface area contributed by atoms with Crippen LogP contribution in [0.4, 0.5) is 26.3 Å². The molecule has 0 radical (unpaired) electrons. The highest BCUT2D eigenvalue weighted by Gasteiger charge is 2.32. The van der Waals surface area contributed by atoms with Crippen LogP contribution in [-0.2, 0) is 18.9 Å². The largest absolute Gasteiger partial charge is 0.416 e. The Hall–Kier alpha value is -3.06. The molecule has 3 aromatic carbocycles. The SMILES string of the molecule is FC(F)(F)c1cccc(C(=CCNCc2ccccc2)c2cccc(C(F)(F)F)c2)c1. The molecule has 31 heavy (non-hydrogen) atoms. The predicted octanol–water partition coefficient (Wildman–Crippen LogP) is 6.95. The van der Waals surface area contributed by atoms with Crippen LogP contribution in [0.2, 0.25) is 0 Å². The molecule has 0 unspecified atom stereocenters. The summed E-state index contributed by atoms with van der Waals surface area (Å²) < 4.78 is 79.0. The van der Waals surface area contributed by atoms with Gasteiger partial charge in [-0.05, 0) is 46.5 Å². The number of alkyl halides is 6. The van der Waals surface area contributed by atoms with E-state index >= 15 is 0 Å². The molecule has 0 heterocycles. The van der Waals surface area contributed by atoms with Gasteiger partial charge in [0.05, 0.1) is 11.1 Å². The van der Waals surface area contributed by atoms with E-state index in [0.717, 1.165) is 29.8 Å². The molecule has 0 saturated carbocycles. The topological polar surface area (TPSA) is 12.0 Å². The minimum absolute atomic E-state index is 0.190. The van der Waals surface area contributed by atoms with Gasteiger partial charge in [-0.3, -0.25) is 0 Å². The summed E-state index contributed by atoms with van der Waals surface area (Å²) in [7, 11) is 0. The zero-order chi connectivity index (χ0) is 22.5. The summed E-state index contributed by atoms with van der Waals surface area (Å²) >= 11 is 0. The van der Waals surface area contributed by atoms with Crippen LogP contribution in [0.5, 0.6) is 0 Å². The van der Waals surface area contributed by atoms with Crippen molar-refractivity contribution < 1.29 is 26.3 Å². The molecule has 0 saturated heterocycles. The summed E-state index contributed by atoms with van der Waals surface area (Å²) in [6.07, 6.45) is -7.51. The molecule has 0 aliphatic heterocycles. The third-order valence-electron chi connectivity index (χ3n) is 4.62. The van der Waals surface area contributed by atoms with Crippen molar-refractivity contribution in [2.45, 2.75) is 18.9 Å². The van der Waals surface area contributed by atoms with Crippen molar-refractivity contribution in [3.05, 3.63) is 113 Å². The molecule has 0 spiro atoms. The average molecular weight is 435 g/mol. The van der Waals surface area contributed by atoms with Gasteiger partial charge < -0.3 is 5.32 Å². The average Bonchev–Trinajstić information content (AvgIpc) is 2.73. The van der Waals surface area contributed by atoms with Gasteiger partial charge in [0.1, 0.15) is 0 Å². The third kappa shape index (κ3) is 6.21. The van der Waals surface area contributed by atoms with Crippen molar-refractivity contribution >= 4 is 5.57 Å². The van der Waals surface area contributed by atoms with Gasteiger partial charge in [-0.2, -0.15) is 26.3 Å². The van der Waals surface area contributed by atoms with E-state index in [1.54, 1.807) is 6.08 Å². The van der Waals surface area contributed by atoms with Gasteiger partial charge in [0.2, 0.25) is 0 Å². The summed E-state index contributed by atoms with van der Waals surface area (Å²) in [5.41, 5.74) is -0.0417. The summed E-state index contributed by atoms with van der Waals surface area (Å²) in [5.74, 6) is 0.